The van der Waals surface area contributed by atoms with Gasteiger partial charge in [0.1, 0.15) is 0 Å². The Morgan fingerprint density at radius 3 is 2.27 bits per heavy atom. The van der Waals surface area contributed by atoms with Crippen molar-refractivity contribution in [2.75, 3.05) is 7.05 Å². The summed E-state index contributed by atoms with van der Waals surface area (Å²) in [6, 6.07) is 12.8. The standard InChI is InChI=1S/C16H13NO4S/c1-17-14(15(18)11-7-3-2-4-8-11)16(19)12-9-5-6-10-13(12)22(17,20)21/h2-10,14H,1H3/t14-/m0/s1. The van der Waals surface area contributed by atoms with Crippen LogP contribution in [0.5, 0.6) is 0 Å². The van der Waals surface area contributed by atoms with Gasteiger partial charge in [0.25, 0.3) is 0 Å². The Labute approximate surface area is 128 Å². The first kappa shape index (κ1) is 14.6. The first-order valence-corrected chi connectivity index (χ1v) is 8.09. The maximum atomic E-state index is 12.6. The van der Waals surface area contributed by atoms with Gasteiger partial charge in [-0.3, -0.25) is 9.59 Å². The molecule has 0 spiro atoms. The van der Waals surface area contributed by atoms with Gasteiger partial charge in [-0.2, -0.15) is 4.31 Å². The minimum absolute atomic E-state index is 0.0559. The Kier molecular flexibility index (Phi) is 3.42. The largest absolute Gasteiger partial charge is 0.292 e. The fraction of sp³-hybridized carbons (Fsp3) is 0.125. The normalized spacial score (nSPS) is 20.4. The number of hydrogen-bond donors (Lipinski definition) is 0. The molecule has 0 saturated heterocycles. The van der Waals surface area contributed by atoms with E-state index in [4.69, 9.17) is 0 Å². The van der Waals surface area contributed by atoms with Crippen molar-refractivity contribution in [3.63, 3.8) is 0 Å². The van der Waals surface area contributed by atoms with Crippen molar-refractivity contribution in [1.82, 2.24) is 4.31 Å². The van der Waals surface area contributed by atoms with Crippen LogP contribution in [-0.4, -0.2) is 37.4 Å². The van der Waals surface area contributed by atoms with Crippen molar-refractivity contribution in [3.05, 3.63) is 65.7 Å². The molecule has 2 aromatic carbocycles. The number of hydrogen-bond acceptors (Lipinski definition) is 4. The average Bonchev–Trinajstić information content (AvgIpc) is 2.54. The van der Waals surface area contributed by atoms with E-state index in [0.29, 0.717) is 5.56 Å². The molecule has 0 N–H and O–H groups in total. The highest BCUT2D eigenvalue weighted by molar-refractivity contribution is 7.89. The Balaban J connectivity index is 2.15. The molecular weight excluding hydrogens is 302 g/mol. The van der Waals surface area contributed by atoms with Crippen molar-refractivity contribution >= 4 is 21.6 Å². The molecular formula is C16H13NO4S. The molecule has 1 atom stereocenters. The summed E-state index contributed by atoms with van der Waals surface area (Å²) in [4.78, 5) is 25.1. The van der Waals surface area contributed by atoms with Gasteiger partial charge >= 0.3 is 0 Å². The molecule has 0 aliphatic carbocycles. The Hall–Kier alpha value is -2.31. The number of carbonyl (C=O) groups excluding carboxylic acids is 2. The van der Waals surface area contributed by atoms with E-state index in [-0.39, 0.29) is 10.5 Å². The number of rotatable bonds is 2. The lowest BCUT2D eigenvalue weighted by atomic mass is 9.96. The second-order valence-corrected chi connectivity index (χ2v) is 6.98. The molecule has 0 radical (unpaired) electrons. The van der Waals surface area contributed by atoms with Crippen molar-refractivity contribution in [2.24, 2.45) is 0 Å². The second kappa shape index (κ2) is 5.15. The van der Waals surface area contributed by atoms with Gasteiger partial charge in [0.2, 0.25) is 10.0 Å². The van der Waals surface area contributed by atoms with E-state index < -0.39 is 27.6 Å². The third-order valence-electron chi connectivity index (χ3n) is 3.73. The third kappa shape index (κ3) is 2.08. The zero-order valence-electron chi connectivity index (χ0n) is 11.8. The van der Waals surface area contributed by atoms with Gasteiger partial charge in [0, 0.05) is 18.2 Å². The van der Waals surface area contributed by atoms with Gasteiger partial charge in [-0.05, 0) is 12.1 Å². The molecule has 6 heteroatoms. The third-order valence-corrected chi connectivity index (χ3v) is 5.61. The molecule has 2 aromatic rings. The number of ketones is 2. The maximum Gasteiger partial charge on any atom is 0.244 e. The molecule has 0 amide bonds. The summed E-state index contributed by atoms with van der Waals surface area (Å²) >= 11 is 0. The first-order chi connectivity index (χ1) is 10.4. The second-order valence-electron chi connectivity index (χ2n) is 5.01. The molecule has 1 heterocycles. The van der Waals surface area contributed by atoms with Gasteiger partial charge in [0.15, 0.2) is 17.6 Å². The number of fused-ring (bicyclic) bond motifs is 1. The maximum absolute atomic E-state index is 12.6. The lowest BCUT2D eigenvalue weighted by molar-refractivity contribution is 0.0784. The number of carbonyl (C=O) groups is 2. The number of likely N-dealkylation sites (N-methyl/N-ethyl adjacent to an activating group) is 1. The van der Waals surface area contributed by atoms with Crippen LogP contribution in [0.2, 0.25) is 0 Å². The number of sulfonamides is 1. The van der Waals surface area contributed by atoms with Gasteiger partial charge < -0.3 is 0 Å². The predicted molar refractivity (Wildman–Crippen MR) is 80.3 cm³/mol. The molecule has 1 aliphatic heterocycles. The minimum atomic E-state index is -3.86. The average molecular weight is 315 g/mol. The smallest absolute Gasteiger partial charge is 0.244 e. The molecule has 22 heavy (non-hydrogen) atoms. The lowest BCUT2D eigenvalue weighted by Crippen LogP contribution is -2.51. The molecule has 0 aromatic heterocycles. The number of benzene rings is 2. The van der Waals surface area contributed by atoms with E-state index in [9.17, 15) is 18.0 Å². The van der Waals surface area contributed by atoms with Gasteiger partial charge in [0.05, 0.1) is 4.90 Å². The van der Waals surface area contributed by atoms with Crippen molar-refractivity contribution < 1.29 is 18.0 Å². The van der Waals surface area contributed by atoms with Crippen LogP contribution in [0.4, 0.5) is 0 Å². The summed E-state index contributed by atoms with van der Waals surface area (Å²) in [7, 11) is -2.61. The molecule has 3 rings (SSSR count). The molecule has 0 saturated carbocycles. The van der Waals surface area contributed by atoms with Crippen LogP contribution >= 0.6 is 0 Å². The molecule has 0 unspecified atom stereocenters. The molecule has 0 fully saturated rings. The quantitative estimate of drug-likeness (QED) is 0.625. The van der Waals surface area contributed by atoms with E-state index in [1.807, 2.05) is 0 Å². The number of nitrogens with zero attached hydrogens (tertiary/aromatic N) is 1. The minimum Gasteiger partial charge on any atom is -0.292 e. The van der Waals surface area contributed by atoms with Crippen LogP contribution in [0.25, 0.3) is 0 Å². The predicted octanol–water partition coefficient (Wildman–Crippen LogP) is 1.75. The number of Topliss-reactive ketones (excluding diaryl/α,β-unsaturated/α-hetero) is 2. The molecule has 1 aliphatic rings. The Morgan fingerprint density at radius 1 is 1.00 bits per heavy atom. The summed E-state index contributed by atoms with van der Waals surface area (Å²) in [6.45, 7) is 0. The van der Waals surface area contributed by atoms with E-state index in [2.05, 4.69) is 0 Å². The van der Waals surface area contributed by atoms with Crippen LogP contribution in [0.1, 0.15) is 20.7 Å². The Morgan fingerprint density at radius 2 is 1.59 bits per heavy atom. The first-order valence-electron chi connectivity index (χ1n) is 6.65. The van der Waals surface area contributed by atoms with E-state index >= 15 is 0 Å². The van der Waals surface area contributed by atoms with Gasteiger partial charge in [-0.1, -0.05) is 42.5 Å². The summed E-state index contributed by atoms with van der Waals surface area (Å²) in [5.41, 5.74) is 0.372. The molecule has 5 nitrogen and oxygen atoms in total. The van der Waals surface area contributed by atoms with E-state index in [1.54, 1.807) is 42.5 Å². The molecule has 112 valence electrons. The van der Waals surface area contributed by atoms with Crippen molar-refractivity contribution in [1.29, 1.82) is 0 Å². The topological polar surface area (TPSA) is 71.5 Å². The summed E-state index contributed by atoms with van der Waals surface area (Å²) in [6.07, 6.45) is 0. The fourth-order valence-corrected chi connectivity index (χ4v) is 4.02. The monoisotopic (exact) mass is 315 g/mol. The van der Waals surface area contributed by atoms with Gasteiger partial charge in [-0.25, -0.2) is 8.42 Å². The Bertz CT molecular complexity index is 859. The van der Waals surface area contributed by atoms with E-state index in [1.165, 1.54) is 19.2 Å². The molecule has 0 bridgehead atoms. The van der Waals surface area contributed by atoms with Crippen LogP contribution in [-0.2, 0) is 10.0 Å². The van der Waals surface area contributed by atoms with Crippen molar-refractivity contribution in [3.8, 4) is 0 Å². The highest BCUT2D eigenvalue weighted by Crippen LogP contribution is 2.30. The summed E-state index contributed by atoms with van der Waals surface area (Å²) in [5.74, 6) is -1.02. The van der Waals surface area contributed by atoms with Crippen LogP contribution in [0, 0.1) is 0 Å². The zero-order chi connectivity index (χ0) is 15.9. The van der Waals surface area contributed by atoms with Crippen molar-refractivity contribution in [2.45, 2.75) is 10.9 Å². The van der Waals surface area contributed by atoms with Crippen LogP contribution in [0.3, 0.4) is 0 Å². The van der Waals surface area contributed by atoms with Crippen LogP contribution in [0.15, 0.2) is 59.5 Å². The SMILES string of the molecule is CN1[C@@H](C(=O)c2ccccc2)C(=O)c2ccccc2S1(=O)=O. The fourth-order valence-electron chi connectivity index (χ4n) is 2.55. The highest BCUT2D eigenvalue weighted by atomic mass is 32.2. The van der Waals surface area contributed by atoms with Gasteiger partial charge in [-0.15, -0.1) is 0 Å². The van der Waals surface area contributed by atoms with Crippen LogP contribution < -0.4 is 0 Å². The highest BCUT2D eigenvalue weighted by Gasteiger charge is 2.45. The summed E-state index contributed by atoms with van der Waals surface area (Å²) < 4.78 is 25.9. The zero-order valence-corrected chi connectivity index (χ0v) is 12.6. The van der Waals surface area contributed by atoms with E-state index in [0.717, 1.165) is 4.31 Å². The lowest BCUT2D eigenvalue weighted by Gasteiger charge is -2.30. The summed E-state index contributed by atoms with van der Waals surface area (Å²) in [5, 5.41) is 0.